The third-order valence-corrected chi connectivity index (χ3v) is 8.54. The summed E-state index contributed by atoms with van der Waals surface area (Å²) in [6, 6.07) is 5.84. The number of alkyl carbamates (subject to hydrolysis) is 1. The molecule has 4 atom stereocenters. The molecule has 1 saturated heterocycles. The maximum Gasteiger partial charge on any atom is 0.407 e. The highest BCUT2D eigenvalue weighted by atomic mass is 32.1. The van der Waals surface area contributed by atoms with Crippen LogP contribution in [0.5, 0.6) is 0 Å². The largest absolute Gasteiger partial charge is 0.444 e. The van der Waals surface area contributed by atoms with Gasteiger partial charge >= 0.3 is 6.09 Å². The quantitative estimate of drug-likeness (QED) is 0.264. The Morgan fingerprint density at radius 3 is 2.31 bits per heavy atom. The molecule has 2 aromatic rings. The van der Waals surface area contributed by atoms with Gasteiger partial charge in [0.15, 0.2) is 0 Å². The number of hydrogen-bond acceptors (Lipinski definition) is 8. The Hall–Kier alpha value is -3.51. The fourth-order valence-electron chi connectivity index (χ4n) is 5.16. The molecule has 12 heteroatoms. The maximum atomic E-state index is 13.8. The molecule has 1 aliphatic heterocycles. The van der Waals surface area contributed by atoms with Crippen molar-refractivity contribution in [2.75, 3.05) is 13.1 Å². The van der Waals surface area contributed by atoms with Crippen molar-refractivity contribution in [3.8, 4) is 10.4 Å². The number of β-amino-alcohol motifs (C(OH)–C–C–N with tert-alkyl or cyclic N) is 1. The number of thiazole rings is 1. The van der Waals surface area contributed by atoms with Crippen LogP contribution >= 0.6 is 11.3 Å². The van der Waals surface area contributed by atoms with Crippen LogP contribution in [-0.4, -0.2) is 75.7 Å². The number of aliphatic hydroxyl groups excluding tert-OH is 1. The van der Waals surface area contributed by atoms with Gasteiger partial charge in [0.1, 0.15) is 17.7 Å². The number of hydrogen-bond donors (Lipinski definition) is 4. The Balaban J connectivity index is 1.58. The number of rotatable bonds is 11. The van der Waals surface area contributed by atoms with Crippen LogP contribution in [0, 0.1) is 12.3 Å². The van der Waals surface area contributed by atoms with Crippen molar-refractivity contribution in [3.63, 3.8) is 0 Å². The molecule has 1 fully saturated rings. The molecule has 0 saturated carbocycles. The van der Waals surface area contributed by atoms with Gasteiger partial charge in [-0.3, -0.25) is 14.4 Å². The number of ether oxygens (including phenoxy) is 1. The van der Waals surface area contributed by atoms with E-state index in [1.807, 2.05) is 64.4 Å². The lowest BCUT2D eigenvalue weighted by atomic mass is 9.85. The van der Waals surface area contributed by atoms with Gasteiger partial charge in [0.2, 0.25) is 17.7 Å². The predicted molar refractivity (Wildman–Crippen MR) is 174 cm³/mol. The molecule has 3 rings (SSSR count). The number of carbonyl (C=O) groups is 4. The van der Waals surface area contributed by atoms with E-state index in [4.69, 9.17) is 4.74 Å². The average Bonchev–Trinajstić information content (AvgIpc) is 3.55. The first-order valence-corrected chi connectivity index (χ1v) is 16.4. The van der Waals surface area contributed by atoms with E-state index < -0.39 is 41.2 Å². The second-order valence-corrected chi connectivity index (χ2v) is 14.6. The second kappa shape index (κ2) is 15.2. The zero-order valence-corrected chi connectivity index (χ0v) is 28.5. The normalized spacial score (nSPS) is 18.2. The number of nitrogens with one attached hydrogen (secondary N) is 3. The number of aromatic nitrogens is 1. The summed E-state index contributed by atoms with van der Waals surface area (Å²) < 4.78 is 5.21. The molecule has 0 bridgehead atoms. The van der Waals surface area contributed by atoms with Crippen LogP contribution in [0.1, 0.15) is 91.4 Å². The SMILES string of the molecule is Cc1ncsc1-c1ccc(C(C)NC(=O)[C@@H]2C[C@@H](O)CN2C(=O)C(NC(=O)CCCCNC(=O)OC(C)(C)C)C(C)(C)C)cc1. The Bertz CT molecular complexity index is 1330. The molecule has 1 aliphatic rings. The zero-order valence-electron chi connectivity index (χ0n) is 27.7. The topological polar surface area (TPSA) is 150 Å². The fourth-order valence-corrected chi connectivity index (χ4v) is 5.98. The minimum absolute atomic E-state index is 0.00693. The molecule has 0 aliphatic carbocycles. The molecule has 4 amide bonds. The van der Waals surface area contributed by atoms with E-state index in [0.29, 0.717) is 19.4 Å². The van der Waals surface area contributed by atoms with Gasteiger partial charge < -0.3 is 30.7 Å². The number of aliphatic hydroxyl groups is 1. The van der Waals surface area contributed by atoms with Gasteiger partial charge in [0, 0.05) is 25.9 Å². The number of unbranched alkanes of at least 4 members (excludes halogenated alkanes) is 1. The first-order chi connectivity index (χ1) is 21.0. The van der Waals surface area contributed by atoms with Crippen LogP contribution in [0.2, 0.25) is 0 Å². The summed E-state index contributed by atoms with van der Waals surface area (Å²) >= 11 is 1.58. The van der Waals surface area contributed by atoms with Gasteiger partial charge in [-0.25, -0.2) is 9.78 Å². The maximum absolute atomic E-state index is 13.8. The third kappa shape index (κ3) is 10.5. The minimum Gasteiger partial charge on any atom is -0.444 e. The number of benzene rings is 1. The van der Waals surface area contributed by atoms with Gasteiger partial charge in [0.05, 0.1) is 28.2 Å². The molecule has 0 spiro atoms. The van der Waals surface area contributed by atoms with Crippen LogP contribution in [0.25, 0.3) is 10.4 Å². The van der Waals surface area contributed by atoms with Crippen molar-refractivity contribution in [2.24, 2.45) is 5.41 Å². The molecular formula is C33H49N5O6S. The Morgan fingerprint density at radius 2 is 1.73 bits per heavy atom. The molecule has 1 aromatic heterocycles. The van der Waals surface area contributed by atoms with Crippen LogP contribution in [0.3, 0.4) is 0 Å². The summed E-state index contributed by atoms with van der Waals surface area (Å²) in [5, 5.41) is 19.0. The van der Waals surface area contributed by atoms with Crippen LogP contribution in [0.4, 0.5) is 4.79 Å². The third-order valence-electron chi connectivity index (χ3n) is 7.56. The first-order valence-electron chi connectivity index (χ1n) is 15.5. The van der Waals surface area contributed by atoms with Gasteiger partial charge in [0.25, 0.3) is 0 Å². The number of likely N-dealkylation sites (tertiary alicyclic amines) is 1. The molecule has 2 heterocycles. The van der Waals surface area contributed by atoms with Crippen LogP contribution in [-0.2, 0) is 19.1 Å². The number of aryl methyl sites for hydroxylation is 1. The molecule has 248 valence electrons. The fraction of sp³-hybridized carbons (Fsp3) is 0.606. The van der Waals surface area contributed by atoms with Crippen molar-refractivity contribution in [2.45, 2.75) is 111 Å². The zero-order chi connectivity index (χ0) is 33.5. The molecule has 1 aromatic carbocycles. The molecular weight excluding hydrogens is 594 g/mol. The van der Waals surface area contributed by atoms with E-state index in [9.17, 15) is 24.3 Å². The van der Waals surface area contributed by atoms with Crippen molar-refractivity contribution in [1.29, 1.82) is 0 Å². The second-order valence-electron chi connectivity index (χ2n) is 13.8. The van der Waals surface area contributed by atoms with Gasteiger partial charge in [-0.15, -0.1) is 11.3 Å². The van der Waals surface area contributed by atoms with Gasteiger partial charge in [-0.1, -0.05) is 45.0 Å². The summed E-state index contributed by atoms with van der Waals surface area (Å²) in [6.07, 6.45) is -0.0117. The van der Waals surface area contributed by atoms with Gasteiger partial charge in [-0.05, 0) is 64.0 Å². The highest BCUT2D eigenvalue weighted by Gasteiger charge is 2.44. The standard InChI is InChI=1S/C33H49N5O6S/c1-20(22-12-14-23(15-13-22)27-21(2)35-19-45-27)36-29(41)25-17-24(39)18-38(25)30(42)28(32(3,4)5)37-26(40)11-9-10-16-34-31(43)44-33(6,7)8/h12-15,19-20,24-25,28,39H,9-11,16-18H2,1-8H3,(H,34,43)(H,36,41)(H,37,40)/t20?,24-,25+,28?/m1/s1. The Kier molecular flexibility index (Phi) is 12.1. The Labute approximate surface area is 270 Å². The molecule has 11 nitrogen and oxygen atoms in total. The summed E-state index contributed by atoms with van der Waals surface area (Å²) in [7, 11) is 0. The molecule has 45 heavy (non-hydrogen) atoms. The summed E-state index contributed by atoms with van der Waals surface area (Å²) in [5.74, 6) is -1.06. The highest BCUT2D eigenvalue weighted by molar-refractivity contribution is 7.13. The van der Waals surface area contributed by atoms with E-state index in [1.54, 1.807) is 32.1 Å². The van der Waals surface area contributed by atoms with E-state index >= 15 is 0 Å². The lowest BCUT2D eigenvalue weighted by molar-refractivity contribution is -0.144. The van der Waals surface area contributed by atoms with Gasteiger partial charge in [-0.2, -0.15) is 0 Å². The summed E-state index contributed by atoms with van der Waals surface area (Å²) in [5.41, 5.74) is 3.51. The smallest absolute Gasteiger partial charge is 0.407 e. The van der Waals surface area contributed by atoms with E-state index in [-0.39, 0.29) is 37.2 Å². The van der Waals surface area contributed by atoms with Crippen molar-refractivity contribution < 1.29 is 29.0 Å². The van der Waals surface area contributed by atoms with E-state index in [2.05, 4.69) is 20.9 Å². The lowest BCUT2D eigenvalue weighted by Crippen LogP contribution is -2.57. The molecule has 4 N–H and O–H groups in total. The van der Waals surface area contributed by atoms with Crippen molar-refractivity contribution >= 4 is 35.2 Å². The van der Waals surface area contributed by atoms with E-state index in [1.165, 1.54) is 4.90 Å². The van der Waals surface area contributed by atoms with Crippen molar-refractivity contribution in [3.05, 3.63) is 41.0 Å². The Morgan fingerprint density at radius 1 is 1.07 bits per heavy atom. The predicted octanol–water partition coefficient (Wildman–Crippen LogP) is 4.48. The highest BCUT2D eigenvalue weighted by Crippen LogP contribution is 2.29. The number of carbonyl (C=O) groups excluding carboxylic acids is 4. The monoisotopic (exact) mass is 643 g/mol. The summed E-state index contributed by atoms with van der Waals surface area (Å²) in [6.45, 7) is 15.1. The number of amides is 4. The first kappa shape index (κ1) is 36.0. The summed E-state index contributed by atoms with van der Waals surface area (Å²) in [4.78, 5) is 58.8. The average molecular weight is 644 g/mol. The van der Waals surface area contributed by atoms with Crippen LogP contribution in [0.15, 0.2) is 29.8 Å². The minimum atomic E-state index is -0.898. The van der Waals surface area contributed by atoms with E-state index in [0.717, 1.165) is 21.7 Å². The molecule has 2 unspecified atom stereocenters. The lowest BCUT2D eigenvalue weighted by Gasteiger charge is -2.35. The molecule has 0 radical (unpaired) electrons. The van der Waals surface area contributed by atoms with Crippen molar-refractivity contribution in [1.82, 2.24) is 25.8 Å². The van der Waals surface area contributed by atoms with Crippen LogP contribution < -0.4 is 16.0 Å². The number of nitrogens with zero attached hydrogens (tertiary/aromatic N) is 2.